The average Bonchev–Trinajstić information content (AvgIpc) is 3.22. The zero-order chi connectivity index (χ0) is 15.2. The first kappa shape index (κ1) is 13.9. The van der Waals surface area contributed by atoms with Gasteiger partial charge in [0.2, 0.25) is 5.82 Å². The number of aromatic nitrogens is 3. The minimum atomic E-state index is -0.236. The van der Waals surface area contributed by atoms with Gasteiger partial charge in [-0.25, -0.2) is 4.98 Å². The van der Waals surface area contributed by atoms with Crippen LogP contribution in [0, 0.1) is 0 Å². The maximum absolute atomic E-state index is 11.7. The van der Waals surface area contributed by atoms with Crippen LogP contribution in [-0.4, -0.2) is 27.7 Å². The summed E-state index contributed by atoms with van der Waals surface area (Å²) in [5.41, 5.74) is 0. The second-order valence-electron chi connectivity index (χ2n) is 4.46. The van der Waals surface area contributed by atoms with Gasteiger partial charge >= 0.3 is 0 Å². The summed E-state index contributed by atoms with van der Waals surface area (Å²) in [5.74, 6) is 1.98. The van der Waals surface area contributed by atoms with Crippen molar-refractivity contribution in [2.45, 2.75) is 6.54 Å². The Kier molecular flexibility index (Phi) is 4.15. The number of carbonyl (C=O) groups excluding carboxylic acids is 1. The van der Waals surface area contributed by atoms with Gasteiger partial charge < -0.3 is 14.5 Å². The third-order valence-corrected chi connectivity index (χ3v) is 2.84. The summed E-state index contributed by atoms with van der Waals surface area (Å²) in [6.07, 6.45) is 1.55. The molecule has 2 N–H and O–H groups in total. The van der Waals surface area contributed by atoms with Crippen LogP contribution >= 0.6 is 0 Å². The van der Waals surface area contributed by atoms with Crippen LogP contribution < -0.4 is 10.1 Å². The summed E-state index contributed by atoms with van der Waals surface area (Å²) >= 11 is 0. The Morgan fingerprint density at radius 3 is 2.86 bits per heavy atom. The lowest BCUT2D eigenvalue weighted by atomic mass is 10.3. The van der Waals surface area contributed by atoms with Crippen LogP contribution in [0.15, 0.2) is 53.1 Å². The average molecular weight is 298 g/mol. The van der Waals surface area contributed by atoms with E-state index < -0.39 is 0 Å². The van der Waals surface area contributed by atoms with Gasteiger partial charge in [-0.15, -0.1) is 5.10 Å². The molecule has 3 rings (SSSR count). The lowest BCUT2D eigenvalue weighted by Gasteiger charge is -2.05. The highest BCUT2D eigenvalue weighted by Gasteiger charge is 2.09. The molecule has 7 heteroatoms. The van der Waals surface area contributed by atoms with Crippen LogP contribution in [0.4, 0.5) is 0 Å². The summed E-state index contributed by atoms with van der Waals surface area (Å²) in [7, 11) is 0. The van der Waals surface area contributed by atoms with Crippen molar-refractivity contribution in [3.63, 3.8) is 0 Å². The molecule has 3 aromatic rings. The second-order valence-corrected chi connectivity index (χ2v) is 4.46. The highest BCUT2D eigenvalue weighted by atomic mass is 16.5. The van der Waals surface area contributed by atoms with Crippen molar-refractivity contribution in [2.75, 3.05) is 6.61 Å². The van der Waals surface area contributed by atoms with Gasteiger partial charge in [0.25, 0.3) is 5.91 Å². The van der Waals surface area contributed by atoms with Crippen molar-refractivity contribution in [1.82, 2.24) is 20.5 Å². The first-order chi connectivity index (χ1) is 10.8. The van der Waals surface area contributed by atoms with Crippen molar-refractivity contribution in [3.8, 4) is 17.3 Å². The molecule has 0 bridgehead atoms. The molecule has 2 aromatic heterocycles. The number of benzene rings is 1. The normalized spacial score (nSPS) is 10.4. The number of furan rings is 1. The molecule has 7 nitrogen and oxygen atoms in total. The molecule has 22 heavy (non-hydrogen) atoms. The van der Waals surface area contributed by atoms with Gasteiger partial charge in [0, 0.05) is 0 Å². The van der Waals surface area contributed by atoms with Crippen LogP contribution in [-0.2, 0) is 11.3 Å². The summed E-state index contributed by atoms with van der Waals surface area (Å²) in [5, 5.41) is 9.46. The Morgan fingerprint density at radius 2 is 2.09 bits per heavy atom. The lowest BCUT2D eigenvalue weighted by molar-refractivity contribution is -0.123. The standard InChI is InChI=1S/C15H14N4O3/c20-14(10-22-11-5-2-1-3-6-11)16-9-13-17-15(19-18-13)12-7-4-8-21-12/h1-8H,9-10H2,(H,16,20)(H,17,18,19). The third-order valence-electron chi connectivity index (χ3n) is 2.84. The fourth-order valence-electron chi connectivity index (χ4n) is 1.79. The molecule has 2 heterocycles. The highest BCUT2D eigenvalue weighted by molar-refractivity contribution is 5.77. The number of para-hydroxylation sites is 1. The Labute approximate surface area is 126 Å². The van der Waals surface area contributed by atoms with Gasteiger partial charge in [-0.05, 0) is 24.3 Å². The SMILES string of the molecule is O=C(COc1ccccc1)NCc1nc(-c2ccco2)n[nH]1. The van der Waals surface area contributed by atoms with Gasteiger partial charge in [0.1, 0.15) is 11.6 Å². The first-order valence-electron chi connectivity index (χ1n) is 6.71. The van der Waals surface area contributed by atoms with E-state index in [0.29, 0.717) is 23.2 Å². The van der Waals surface area contributed by atoms with E-state index in [1.807, 2.05) is 18.2 Å². The van der Waals surface area contributed by atoms with Crippen molar-refractivity contribution in [1.29, 1.82) is 0 Å². The number of hydrogen-bond donors (Lipinski definition) is 2. The van der Waals surface area contributed by atoms with Crippen molar-refractivity contribution >= 4 is 5.91 Å². The largest absolute Gasteiger partial charge is 0.484 e. The van der Waals surface area contributed by atoms with E-state index in [4.69, 9.17) is 9.15 Å². The predicted octanol–water partition coefficient (Wildman–Crippen LogP) is 1.76. The molecular weight excluding hydrogens is 284 g/mol. The fourth-order valence-corrected chi connectivity index (χ4v) is 1.79. The Balaban J connectivity index is 1.47. The summed E-state index contributed by atoms with van der Waals surface area (Å²) < 4.78 is 10.5. The molecule has 0 aliphatic carbocycles. The minimum absolute atomic E-state index is 0.0524. The van der Waals surface area contributed by atoms with Gasteiger partial charge in [-0.3, -0.25) is 9.89 Å². The zero-order valence-electron chi connectivity index (χ0n) is 11.7. The topological polar surface area (TPSA) is 93.0 Å². The van der Waals surface area contributed by atoms with E-state index in [-0.39, 0.29) is 19.1 Å². The minimum Gasteiger partial charge on any atom is -0.484 e. The van der Waals surface area contributed by atoms with Crippen LogP contribution in [0.25, 0.3) is 11.6 Å². The molecule has 0 unspecified atom stereocenters. The van der Waals surface area contributed by atoms with E-state index >= 15 is 0 Å². The highest BCUT2D eigenvalue weighted by Crippen LogP contribution is 2.14. The van der Waals surface area contributed by atoms with E-state index in [2.05, 4.69) is 20.5 Å². The molecule has 0 saturated carbocycles. The second kappa shape index (κ2) is 6.57. The number of rotatable bonds is 6. The number of amides is 1. The maximum Gasteiger partial charge on any atom is 0.258 e. The molecule has 0 radical (unpaired) electrons. The monoisotopic (exact) mass is 298 g/mol. The van der Waals surface area contributed by atoms with Crippen LogP contribution in [0.1, 0.15) is 5.82 Å². The Bertz CT molecular complexity index is 722. The van der Waals surface area contributed by atoms with Gasteiger partial charge in [-0.2, -0.15) is 0 Å². The number of hydrogen-bond acceptors (Lipinski definition) is 5. The number of H-pyrrole nitrogens is 1. The molecule has 0 spiro atoms. The number of aromatic amines is 1. The Morgan fingerprint density at radius 1 is 1.23 bits per heavy atom. The van der Waals surface area contributed by atoms with Gasteiger partial charge in [0.05, 0.1) is 12.8 Å². The molecule has 0 fully saturated rings. The zero-order valence-corrected chi connectivity index (χ0v) is 11.7. The Hall–Kier alpha value is -3.09. The molecule has 0 atom stereocenters. The fraction of sp³-hybridized carbons (Fsp3) is 0.133. The smallest absolute Gasteiger partial charge is 0.258 e. The molecule has 0 saturated heterocycles. The van der Waals surface area contributed by atoms with Crippen molar-refractivity contribution in [2.24, 2.45) is 0 Å². The van der Waals surface area contributed by atoms with Crippen LogP contribution in [0.3, 0.4) is 0 Å². The number of carbonyl (C=O) groups is 1. The maximum atomic E-state index is 11.7. The molecule has 1 amide bonds. The molecular formula is C15H14N4O3. The van der Waals surface area contributed by atoms with Gasteiger partial charge in [-0.1, -0.05) is 18.2 Å². The lowest BCUT2D eigenvalue weighted by Crippen LogP contribution is -2.28. The first-order valence-corrected chi connectivity index (χ1v) is 6.71. The summed E-state index contributed by atoms with van der Waals surface area (Å²) in [4.78, 5) is 15.9. The molecule has 1 aromatic carbocycles. The molecule has 112 valence electrons. The summed E-state index contributed by atoms with van der Waals surface area (Å²) in [6.45, 7) is 0.188. The third kappa shape index (κ3) is 3.51. The number of nitrogens with one attached hydrogen (secondary N) is 2. The molecule has 0 aliphatic rings. The van der Waals surface area contributed by atoms with Crippen LogP contribution in [0.2, 0.25) is 0 Å². The van der Waals surface area contributed by atoms with Crippen molar-refractivity contribution in [3.05, 3.63) is 54.6 Å². The van der Waals surface area contributed by atoms with Gasteiger partial charge in [0.15, 0.2) is 12.4 Å². The van der Waals surface area contributed by atoms with E-state index in [9.17, 15) is 4.79 Å². The van der Waals surface area contributed by atoms with E-state index in [1.54, 1.807) is 30.5 Å². The quantitative estimate of drug-likeness (QED) is 0.723. The predicted molar refractivity (Wildman–Crippen MR) is 77.9 cm³/mol. The summed E-state index contributed by atoms with van der Waals surface area (Å²) in [6, 6.07) is 12.7. The number of nitrogens with zero attached hydrogens (tertiary/aromatic N) is 2. The van der Waals surface area contributed by atoms with Crippen molar-refractivity contribution < 1.29 is 13.9 Å². The molecule has 0 aliphatic heterocycles. The number of ether oxygens (including phenoxy) is 1. The van der Waals surface area contributed by atoms with E-state index in [0.717, 1.165) is 0 Å². The van der Waals surface area contributed by atoms with E-state index in [1.165, 1.54) is 0 Å². The van der Waals surface area contributed by atoms with Crippen LogP contribution in [0.5, 0.6) is 5.75 Å².